The highest BCUT2D eigenvalue weighted by molar-refractivity contribution is 6.32. The molecule has 1 saturated carbocycles. The Morgan fingerprint density at radius 3 is 2.81 bits per heavy atom. The summed E-state index contributed by atoms with van der Waals surface area (Å²) in [5, 5.41) is 19.7. The SMILES string of the molecule is C[C@H](O)C(C=NC1CC(NC(=O)c2cc(-c3ccccc3)no2)C1)=NN. The van der Waals surface area contributed by atoms with E-state index >= 15 is 0 Å². The first-order chi connectivity index (χ1) is 12.6. The molecule has 1 heterocycles. The summed E-state index contributed by atoms with van der Waals surface area (Å²) < 4.78 is 5.15. The van der Waals surface area contributed by atoms with Crippen molar-refractivity contribution in [2.24, 2.45) is 15.9 Å². The van der Waals surface area contributed by atoms with Crippen molar-refractivity contribution in [3.8, 4) is 11.3 Å². The molecular weight excluding hydrogens is 334 g/mol. The number of rotatable bonds is 6. The smallest absolute Gasteiger partial charge is 0.290 e. The number of carbonyl (C=O) groups is 1. The van der Waals surface area contributed by atoms with Gasteiger partial charge in [0, 0.05) is 23.9 Å². The molecule has 0 spiro atoms. The quantitative estimate of drug-likeness (QED) is 0.410. The fourth-order valence-corrected chi connectivity index (χ4v) is 2.64. The van der Waals surface area contributed by atoms with Crippen molar-refractivity contribution < 1.29 is 14.4 Å². The number of aliphatic imine (C=N–C) groups is 1. The molecule has 2 aromatic rings. The summed E-state index contributed by atoms with van der Waals surface area (Å²) in [5.41, 5.74) is 1.84. The average molecular weight is 355 g/mol. The maximum atomic E-state index is 12.2. The van der Waals surface area contributed by atoms with Gasteiger partial charge in [-0.15, -0.1) is 0 Å². The largest absolute Gasteiger partial charge is 0.387 e. The maximum absolute atomic E-state index is 12.2. The molecule has 1 fully saturated rings. The number of carbonyl (C=O) groups excluding carboxylic acids is 1. The van der Waals surface area contributed by atoms with Gasteiger partial charge in [-0.05, 0) is 19.8 Å². The van der Waals surface area contributed by atoms with Crippen LogP contribution in [-0.2, 0) is 0 Å². The van der Waals surface area contributed by atoms with Gasteiger partial charge in [-0.2, -0.15) is 5.10 Å². The van der Waals surface area contributed by atoms with Crippen molar-refractivity contribution in [2.45, 2.75) is 38.0 Å². The molecule has 8 nitrogen and oxygen atoms in total. The zero-order valence-electron chi connectivity index (χ0n) is 14.4. The highest BCUT2D eigenvalue weighted by Gasteiger charge is 2.31. The normalized spacial score (nSPS) is 21.4. The molecule has 0 aliphatic heterocycles. The number of nitrogens with one attached hydrogen (secondary N) is 1. The number of hydrazone groups is 1. The third-order valence-corrected chi connectivity index (χ3v) is 4.25. The third-order valence-electron chi connectivity index (χ3n) is 4.25. The molecule has 8 heteroatoms. The summed E-state index contributed by atoms with van der Waals surface area (Å²) in [6.45, 7) is 1.57. The number of aromatic nitrogens is 1. The van der Waals surface area contributed by atoms with Gasteiger partial charge in [0.25, 0.3) is 5.91 Å². The first-order valence-corrected chi connectivity index (χ1v) is 8.39. The maximum Gasteiger partial charge on any atom is 0.290 e. The molecule has 0 bridgehead atoms. The average Bonchev–Trinajstić information content (AvgIpc) is 3.10. The lowest BCUT2D eigenvalue weighted by atomic mass is 9.87. The Kier molecular flexibility index (Phi) is 5.43. The van der Waals surface area contributed by atoms with E-state index < -0.39 is 6.10 Å². The van der Waals surface area contributed by atoms with Crippen molar-refractivity contribution in [3.63, 3.8) is 0 Å². The first kappa shape index (κ1) is 17.8. The van der Waals surface area contributed by atoms with Crippen LogP contribution in [0.3, 0.4) is 0 Å². The molecule has 1 aromatic heterocycles. The van der Waals surface area contributed by atoms with Crippen molar-refractivity contribution in [3.05, 3.63) is 42.2 Å². The molecule has 1 aromatic carbocycles. The van der Waals surface area contributed by atoms with Crippen LogP contribution in [0.1, 0.15) is 30.3 Å². The lowest BCUT2D eigenvalue weighted by Crippen LogP contribution is -2.46. The van der Waals surface area contributed by atoms with Crippen molar-refractivity contribution in [1.29, 1.82) is 0 Å². The van der Waals surface area contributed by atoms with Gasteiger partial charge in [-0.3, -0.25) is 9.79 Å². The summed E-state index contributed by atoms with van der Waals surface area (Å²) in [6, 6.07) is 11.3. The highest BCUT2D eigenvalue weighted by atomic mass is 16.5. The van der Waals surface area contributed by atoms with Crippen LogP contribution in [0.15, 0.2) is 51.0 Å². The summed E-state index contributed by atoms with van der Waals surface area (Å²) >= 11 is 0. The van der Waals surface area contributed by atoms with Gasteiger partial charge in [0.2, 0.25) is 5.76 Å². The number of aliphatic hydroxyl groups excluding tert-OH is 1. The van der Waals surface area contributed by atoms with Crippen LogP contribution in [-0.4, -0.2) is 46.3 Å². The zero-order chi connectivity index (χ0) is 18.5. The Balaban J connectivity index is 1.50. The number of aliphatic hydroxyl groups is 1. The molecule has 0 saturated heterocycles. The minimum absolute atomic E-state index is 0.0275. The Hall–Kier alpha value is -3.00. The van der Waals surface area contributed by atoms with Crippen LogP contribution >= 0.6 is 0 Å². The zero-order valence-corrected chi connectivity index (χ0v) is 14.4. The summed E-state index contributed by atoms with van der Waals surface area (Å²) in [6.07, 6.45) is 2.14. The van der Waals surface area contributed by atoms with Crippen molar-refractivity contribution in [1.82, 2.24) is 10.5 Å². The van der Waals surface area contributed by atoms with Crippen LogP contribution in [0.4, 0.5) is 0 Å². The molecule has 1 aliphatic rings. The number of nitrogens with zero attached hydrogens (tertiary/aromatic N) is 3. The van der Waals surface area contributed by atoms with Crippen LogP contribution in [0, 0.1) is 0 Å². The van der Waals surface area contributed by atoms with E-state index in [9.17, 15) is 9.90 Å². The molecule has 1 aliphatic carbocycles. The van der Waals surface area contributed by atoms with Crippen LogP contribution in [0.2, 0.25) is 0 Å². The van der Waals surface area contributed by atoms with E-state index in [0.717, 1.165) is 5.56 Å². The number of hydrogen-bond acceptors (Lipinski definition) is 7. The van der Waals surface area contributed by atoms with Gasteiger partial charge >= 0.3 is 0 Å². The van der Waals surface area contributed by atoms with Crippen LogP contribution in [0.5, 0.6) is 0 Å². The predicted molar refractivity (Wildman–Crippen MR) is 98.0 cm³/mol. The number of amides is 1. The van der Waals surface area contributed by atoms with E-state index in [1.54, 1.807) is 13.0 Å². The fourth-order valence-electron chi connectivity index (χ4n) is 2.64. The van der Waals surface area contributed by atoms with Gasteiger partial charge in [0.1, 0.15) is 11.4 Å². The summed E-state index contributed by atoms with van der Waals surface area (Å²) in [5.74, 6) is 5.08. The van der Waals surface area contributed by atoms with Crippen molar-refractivity contribution >= 4 is 17.8 Å². The Morgan fingerprint density at radius 1 is 1.42 bits per heavy atom. The molecule has 0 unspecified atom stereocenters. The second-order valence-electron chi connectivity index (χ2n) is 6.25. The highest BCUT2D eigenvalue weighted by Crippen LogP contribution is 2.24. The molecule has 1 amide bonds. The van der Waals surface area contributed by atoms with Crippen LogP contribution < -0.4 is 11.2 Å². The number of hydrogen-bond donors (Lipinski definition) is 3. The van der Waals surface area contributed by atoms with E-state index in [-0.39, 0.29) is 23.8 Å². The Labute approximate surface area is 150 Å². The summed E-state index contributed by atoms with van der Waals surface area (Å²) in [4.78, 5) is 16.6. The monoisotopic (exact) mass is 355 g/mol. The number of nitrogens with two attached hydrogens (primary N) is 1. The van der Waals surface area contributed by atoms with Crippen LogP contribution in [0.25, 0.3) is 11.3 Å². The standard InChI is InChI=1S/C18H21N5O3/c1-11(24)16(22-19)10-20-13-7-14(8-13)21-18(25)17-9-15(23-26-17)12-5-3-2-4-6-12/h2-6,9-11,13-14,24H,7-8,19H2,1H3,(H,21,25)/t11-,13?,14?/m0/s1. The molecule has 26 heavy (non-hydrogen) atoms. The number of benzene rings is 1. The predicted octanol–water partition coefficient (Wildman–Crippen LogP) is 1.37. The molecule has 1 atom stereocenters. The first-order valence-electron chi connectivity index (χ1n) is 8.39. The molecule has 136 valence electrons. The van der Waals surface area contributed by atoms with E-state index in [2.05, 4.69) is 20.6 Å². The van der Waals surface area contributed by atoms with Crippen molar-refractivity contribution in [2.75, 3.05) is 0 Å². The topological polar surface area (TPSA) is 126 Å². The molecule has 3 rings (SSSR count). The van der Waals surface area contributed by atoms with Gasteiger partial charge in [0.15, 0.2) is 0 Å². The minimum Gasteiger partial charge on any atom is -0.387 e. The van der Waals surface area contributed by atoms with Gasteiger partial charge in [-0.25, -0.2) is 0 Å². The lowest BCUT2D eigenvalue weighted by molar-refractivity contribution is 0.0873. The van der Waals surface area contributed by atoms with E-state index in [0.29, 0.717) is 24.2 Å². The van der Waals surface area contributed by atoms with E-state index in [1.165, 1.54) is 6.21 Å². The third kappa shape index (κ3) is 4.15. The Bertz CT molecular complexity index is 807. The van der Waals surface area contributed by atoms with Gasteiger partial charge < -0.3 is 20.8 Å². The fraction of sp³-hybridized carbons (Fsp3) is 0.333. The molecular formula is C18H21N5O3. The second kappa shape index (κ2) is 7.92. The lowest BCUT2D eigenvalue weighted by Gasteiger charge is -2.32. The second-order valence-corrected chi connectivity index (χ2v) is 6.25. The van der Waals surface area contributed by atoms with Gasteiger partial charge in [-0.1, -0.05) is 35.5 Å². The molecule has 4 N–H and O–H groups in total. The minimum atomic E-state index is -0.760. The van der Waals surface area contributed by atoms with E-state index in [4.69, 9.17) is 10.4 Å². The molecule has 0 radical (unpaired) electrons. The Morgan fingerprint density at radius 2 is 2.15 bits per heavy atom. The van der Waals surface area contributed by atoms with Gasteiger partial charge in [0.05, 0.1) is 12.1 Å². The van der Waals surface area contributed by atoms with E-state index in [1.807, 2.05) is 30.3 Å². The summed E-state index contributed by atoms with van der Waals surface area (Å²) in [7, 11) is 0.